The average Bonchev–Trinajstić information content (AvgIpc) is 2.88. The summed E-state index contributed by atoms with van der Waals surface area (Å²) in [5.41, 5.74) is 2.36. The Bertz CT molecular complexity index is 1180. The van der Waals surface area contributed by atoms with Crippen molar-refractivity contribution < 1.29 is 32.5 Å². The van der Waals surface area contributed by atoms with Crippen molar-refractivity contribution in [2.75, 3.05) is 49.7 Å². The molecule has 7 nitrogen and oxygen atoms in total. The zero-order valence-corrected chi connectivity index (χ0v) is 20.8. The summed E-state index contributed by atoms with van der Waals surface area (Å²) in [4.78, 5) is 19.5. The summed E-state index contributed by atoms with van der Waals surface area (Å²) < 4.78 is 50.3. The van der Waals surface area contributed by atoms with E-state index in [9.17, 15) is 23.1 Å². The predicted molar refractivity (Wildman–Crippen MR) is 136 cm³/mol. The van der Waals surface area contributed by atoms with Gasteiger partial charge in [0.1, 0.15) is 12.3 Å². The van der Waals surface area contributed by atoms with E-state index in [1.54, 1.807) is 12.3 Å². The first-order valence-corrected chi connectivity index (χ1v) is 11.7. The van der Waals surface area contributed by atoms with Crippen molar-refractivity contribution in [3.63, 3.8) is 0 Å². The lowest BCUT2D eigenvalue weighted by atomic mass is 9.99. The van der Waals surface area contributed by atoms with E-state index in [1.165, 1.54) is 18.2 Å². The molecule has 0 saturated carbocycles. The van der Waals surface area contributed by atoms with E-state index in [0.29, 0.717) is 43.3 Å². The highest BCUT2D eigenvalue weighted by molar-refractivity contribution is 6.07. The lowest BCUT2D eigenvalue weighted by Gasteiger charge is -2.30. The summed E-state index contributed by atoms with van der Waals surface area (Å²) in [6.07, 6.45) is 0.0623. The number of amides is 1. The monoisotopic (exact) mass is 517 g/mol. The first-order valence-electron chi connectivity index (χ1n) is 11.7. The van der Waals surface area contributed by atoms with Gasteiger partial charge >= 0.3 is 6.18 Å². The molecule has 2 aromatic rings. The van der Waals surface area contributed by atoms with Gasteiger partial charge in [0.2, 0.25) is 5.88 Å². The molecule has 0 bridgehead atoms. The number of pyridine rings is 1. The number of carbonyl (C=O) groups is 1. The number of halogens is 3. The van der Waals surface area contributed by atoms with Crippen molar-refractivity contribution in [2.45, 2.75) is 20.0 Å². The number of nitrogens with zero attached hydrogens (tertiary/aromatic N) is 2. The summed E-state index contributed by atoms with van der Waals surface area (Å²) in [5, 5.41) is 11.7. The SMILES string of the molecule is C=CC(=CC(=C(C)C)c1cnc(OCCO)c(N2CCOCC2)c1)C(=O)Nc1cccc(C(F)(F)F)c1. The summed E-state index contributed by atoms with van der Waals surface area (Å²) in [6, 6.07) is 6.34. The van der Waals surface area contributed by atoms with E-state index < -0.39 is 17.6 Å². The van der Waals surface area contributed by atoms with Crippen LogP contribution in [0, 0.1) is 0 Å². The van der Waals surface area contributed by atoms with E-state index >= 15 is 0 Å². The minimum atomic E-state index is -4.52. The van der Waals surface area contributed by atoms with Crippen LogP contribution in [0.1, 0.15) is 25.0 Å². The first-order chi connectivity index (χ1) is 17.6. The summed E-state index contributed by atoms with van der Waals surface area (Å²) in [5.74, 6) is -0.222. The fraction of sp³-hybridized carbons (Fsp3) is 0.333. The van der Waals surface area contributed by atoms with Crippen LogP contribution in [-0.4, -0.2) is 55.5 Å². The van der Waals surface area contributed by atoms with Crippen LogP contribution >= 0.6 is 0 Å². The minimum Gasteiger partial charge on any atom is -0.474 e. The number of carbonyl (C=O) groups excluding carboxylic acids is 1. The number of hydrogen-bond donors (Lipinski definition) is 2. The molecule has 0 aliphatic carbocycles. The molecular formula is C27H30F3N3O4. The standard InChI is InChI=1S/C27H30F3N3O4/c1-4-19(25(35)32-22-7-5-6-21(16-22)27(28,29)30)14-23(18(2)3)20-15-24(33-8-11-36-12-9-33)26(31-17-20)37-13-10-34/h4-7,14-17,34H,1,8-13H2,2-3H3,(H,32,35). The van der Waals surface area contributed by atoms with E-state index in [1.807, 2.05) is 19.9 Å². The van der Waals surface area contributed by atoms with Crippen molar-refractivity contribution >= 4 is 22.9 Å². The maximum Gasteiger partial charge on any atom is 0.416 e. The van der Waals surface area contributed by atoms with E-state index in [2.05, 4.69) is 21.8 Å². The maximum absolute atomic E-state index is 13.1. The molecule has 37 heavy (non-hydrogen) atoms. The van der Waals surface area contributed by atoms with Crippen LogP contribution in [0.25, 0.3) is 5.57 Å². The molecule has 2 heterocycles. The van der Waals surface area contributed by atoms with E-state index in [4.69, 9.17) is 9.47 Å². The molecule has 3 rings (SSSR count). The van der Waals surface area contributed by atoms with Gasteiger partial charge in [-0.1, -0.05) is 24.3 Å². The number of hydrogen-bond acceptors (Lipinski definition) is 6. The third-order valence-electron chi connectivity index (χ3n) is 5.59. The Hall–Kier alpha value is -3.63. The lowest BCUT2D eigenvalue weighted by Crippen LogP contribution is -2.36. The molecule has 1 amide bonds. The number of aromatic nitrogens is 1. The largest absolute Gasteiger partial charge is 0.474 e. The molecule has 10 heteroatoms. The summed E-state index contributed by atoms with van der Waals surface area (Å²) in [7, 11) is 0. The predicted octanol–water partition coefficient (Wildman–Crippen LogP) is 4.85. The van der Waals surface area contributed by atoms with Gasteiger partial charge in [0, 0.05) is 36.1 Å². The maximum atomic E-state index is 13.1. The molecule has 0 radical (unpaired) electrons. The Balaban J connectivity index is 1.94. The van der Waals surface area contributed by atoms with Crippen LogP contribution in [0.3, 0.4) is 0 Å². The molecule has 1 aliphatic heterocycles. The highest BCUT2D eigenvalue weighted by Crippen LogP contribution is 2.33. The van der Waals surface area contributed by atoms with Crippen LogP contribution in [0.5, 0.6) is 5.88 Å². The fourth-order valence-electron chi connectivity index (χ4n) is 3.74. The fourth-order valence-corrected chi connectivity index (χ4v) is 3.74. The smallest absolute Gasteiger partial charge is 0.416 e. The third-order valence-corrected chi connectivity index (χ3v) is 5.59. The van der Waals surface area contributed by atoms with Crippen LogP contribution in [0.2, 0.25) is 0 Å². The number of benzene rings is 1. The van der Waals surface area contributed by atoms with Crippen LogP contribution in [-0.2, 0) is 15.7 Å². The topological polar surface area (TPSA) is 83.9 Å². The number of nitrogens with one attached hydrogen (secondary N) is 1. The van der Waals surface area contributed by atoms with Gasteiger partial charge < -0.3 is 24.8 Å². The molecule has 1 aliphatic rings. The lowest BCUT2D eigenvalue weighted by molar-refractivity contribution is -0.137. The second kappa shape index (κ2) is 12.6. The van der Waals surface area contributed by atoms with Gasteiger partial charge in [0.25, 0.3) is 5.91 Å². The quantitative estimate of drug-likeness (QED) is 0.366. The number of allylic oxidation sites excluding steroid dienone is 3. The Labute approximate surface area is 213 Å². The zero-order chi connectivity index (χ0) is 27.0. The molecule has 198 valence electrons. The minimum absolute atomic E-state index is 0.0213. The number of morpholine rings is 1. The molecule has 1 aromatic carbocycles. The van der Waals surface area contributed by atoms with Crippen LogP contribution in [0.15, 0.2) is 66.4 Å². The first kappa shape index (κ1) is 27.9. The Kier molecular flexibility index (Phi) is 9.48. The number of alkyl halides is 3. The van der Waals surface area contributed by atoms with Gasteiger partial charge in [-0.25, -0.2) is 4.98 Å². The van der Waals surface area contributed by atoms with Crippen molar-refractivity contribution in [3.05, 3.63) is 77.5 Å². The van der Waals surface area contributed by atoms with Gasteiger partial charge in [-0.2, -0.15) is 13.2 Å². The normalized spacial score (nSPS) is 14.2. The van der Waals surface area contributed by atoms with Crippen molar-refractivity contribution in [3.8, 4) is 5.88 Å². The van der Waals surface area contributed by atoms with Crippen LogP contribution < -0.4 is 15.0 Å². The molecule has 0 unspecified atom stereocenters. The average molecular weight is 518 g/mol. The van der Waals surface area contributed by atoms with Crippen molar-refractivity contribution in [1.82, 2.24) is 4.98 Å². The van der Waals surface area contributed by atoms with Gasteiger partial charge in [-0.3, -0.25) is 4.79 Å². The Morgan fingerprint density at radius 2 is 2.00 bits per heavy atom. The van der Waals surface area contributed by atoms with Gasteiger partial charge in [-0.15, -0.1) is 0 Å². The number of anilines is 2. The molecule has 1 aromatic heterocycles. The highest BCUT2D eigenvalue weighted by Gasteiger charge is 2.30. The molecule has 0 atom stereocenters. The zero-order valence-electron chi connectivity index (χ0n) is 20.8. The van der Waals surface area contributed by atoms with Crippen molar-refractivity contribution in [2.24, 2.45) is 0 Å². The summed E-state index contributed by atoms with van der Waals surface area (Å²) >= 11 is 0. The van der Waals surface area contributed by atoms with E-state index in [0.717, 1.165) is 23.4 Å². The Morgan fingerprint density at radius 3 is 2.62 bits per heavy atom. The van der Waals surface area contributed by atoms with Crippen molar-refractivity contribution in [1.29, 1.82) is 0 Å². The summed E-state index contributed by atoms with van der Waals surface area (Å²) in [6.45, 7) is 9.78. The number of ether oxygens (including phenoxy) is 2. The van der Waals surface area contributed by atoms with Gasteiger partial charge in [0.05, 0.1) is 25.4 Å². The van der Waals surface area contributed by atoms with Gasteiger partial charge in [-0.05, 0) is 49.8 Å². The molecule has 2 N–H and O–H groups in total. The number of aliphatic hydroxyl groups excluding tert-OH is 1. The highest BCUT2D eigenvalue weighted by atomic mass is 19.4. The Morgan fingerprint density at radius 1 is 1.27 bits per heavy atom. The number of aliphatic hydroxyl groups is 1. The molecular weight excluding hydrogens is 487 g/mol. The third kappa shape index (κ3) is 7.43. The second-order valence-electron chi connectivity index (χ2n) is 8.47. The number of rotatable bonds is 9. The second-order valence-corrected chi connectivity index (χ2v) is 8.47. The van der Waals surface area contributed by atoms with Gasteiger partial charge in [0.15, 0.2) is 0 Å². The van der Waals surface area contributed by atoms with Crippen LogP contribution in [0.4, 0.5) is 24.5 Å². The molecule has 0 spiro atoms. The van der Waals surface area contributed by atoms with E-state index in [-0.39, 0.29) is 24.5 Å². The molecule has 1 saturated heterocycles. The molecule has 1 fully saturated rings.